The largest absolute Gasteiger partial charge is 0.423 e. The average molecular weight is 621 g/mol. The highest BCUT2D eigenvalue weighted by molar-refractivity contribution is 5.80. The van der Waals surface area contributed by atoms with Crippen LogP contribution in [-0.2, 0) is 23.6 Å². The van der Waals surface area contributed by atoms with E-state index in [0.29, 0.717) is 36.7 Å². The Morgan fingerprint density at radius 2 is 1.56 bits per heavy atom. The second-order valence-corrected chi connectivity index (χ2v) is 8.79. The van der Waals surface area contributed by atoms with Gasteiger partial charge in [-0.05, 0) is 49.6 Å². The Hall–Kier alpha value is -4.61. The standard InChI is InChI=1S/C20H19F5N4O2.C5H4F3N3O/c21-19(22)31-11-3-1-2-9-29-10-8-14-12(18(29)30)4-6-15(27-14)16-7-5-13(17(26)28-16)20(23,24)25;6-5(7,8)3-2(9)1-10-11-4(3)12/h4-8,10,19H,1-3,9,11H2,(H2,26,28);1H,(H3,9,11,12). The molecule has 0 saturated heterocycles. The second kappa shape index (κ2) is 13.6. The monoisotopic (exact) mass is 621 g/mol. The molecule has 0 aliphatic heterocycles. The molecule has 0 aromatic carbocycles. The van der Waals surface area contributed by atoms with Crippen molar-refractivity contribution in [1.29, 1.82) is 0 Å². The smallest absolute Gasteiger partial charge is 0.397 e. The van der Waals surface area contributed by atoms with Gasteiger partial charge in [0.1, 0.15) is 11.4 Å². The van der Waals surface area contributed by atoms with Gasteiger partial charge in [-0.3, -0.25) is 9.59 Å². The van der Waals surface area contributed by atoms with Crippen LogP contribution >= 0.6 is 0 Å². The van der Waals surface area contributed by atoms with Gasteiger partial charge in [0.25, 0.3) is 11.1 Å². The van der Waals surface area contributed by atoms with Crippen LogP contribution in [0.1, 0.15) is 30.4 Å². The number of anilines is 2. The third-order valence-corrected chi connectivity index (χ3v) is 5.78. The SMILES string of the molecule is Nc1cn[nH]c(=O)c1C(F)(F)F.Nc1nc(-c2ccc3c(=O)n(CCCCCOC(F)F)ccc3n2)ccc1C(F)(F)F. The molecule has 4 aromatic rings. The number of alkyl halides is 8. The van der Waals surface area contributed by atoms with Gasteiger partial charge in [-0.2, -0.15) is 40.2 Å². The number of nitrogens with zero attached hydrogens (tertiary/aromatic N) is 4. The molecule has 4 heterocycles. The first-order chi connectivity index (χ1) is 20.1. The number of unbranched alkanes of at least 4 members (excludes halogenated alkanes) is 2. The number of fused-ring (bicyclic) bond motifs is 1. The van der Waals surface area contributed by atoms with Crippen molar-refractivity contribution >= 4 is 22.4 Å². The molecular weight excluding hydrogens is 598 g/mol. The lowest BCUT2D eigenvalue weighted by Gasteiger charge is -2.11. The minimum Gasteiger partial charge on any atom is -0.397 e. The number of ether oxygens (including phenoxy) is 1. The van der Waals surface area contributed by atoms with Gasteiger partial charge in [-0.1, -0.05) is 0 Å². The van der Waals surface area contributed by atoms with Crippen LogP contribution in [0.2, 0.25) is 0 Å². The number of H-pyrrole nitrogens is 1. The summed E-state index contributed by atoms with van der Waals surface area (Å²) in [6.07, 6.45) is -5.35. The van der Waals surface area contributed by atoms with Crippen molar-refractivity contribution in [3.05, 3.63) is 74.6 Å². The van der Waals surface area contributed by atoms with Gasteiger partial charge in [-0.25, -0.2) is 15.1 Å². The summed E-state index contributed by atoms with van der Waals surface area (Å²) in [5.74, 6) is -0.652. The number of nitrogen functional groups attached to an aromatic ring is 2. The number of hydrogen-bond acceptors (Lipinski definition) is 8. The first-order valence-corrected chi connectivity index (χ1v) is 12.2. The first-order valence-electron chi connectivity index (χ1n) is 12.2. The second-order valence-electron chi connectivity index (χ2n) is 8.79. The maximum atomic E-state index is 12.8. The summed E-state index contributed by atoms with van der Waals surface area (Å²) in [4.78, 5) is 31.3. The number of aromatic amines is 1. The molecular formula is C25H23F8N7O3. The van der Waals surface area contributed by atoms with Crippen LogP contribution in [0.15, 0.2) is 52.3 Å². The Morgan fingerprint density at radius 3 is 2.14 bits per heavy atom. The van der Waals surface area contributed by atoms with E-state index in [2.05, 4.69) is 19.8 Å². The lowest BCUT2D eigenvalue weighted by molar-refractivity contribution is -0.138. The molecule has 0 spiro atoms. The molecule has 4 aromatic heterocycles. The summed E-state index contributed by atoms with van der Waals surface area (Å²) in [5.41, 5.74) is 6.43. The Labute approximate surface area is 236 Å². The molecule has 10 nitrogen and oxygen atoms in total. The number of nitrogens with one attached hydrogen (secondary N) is 1. The highest BCUT2D eigenvalue weighted by Crippen LogP contribution is 2.34. The minimum atomic E-state index is -4.74. The summed E-state index contributed by atoms with van der Waals surface area (Å²) in [5, 5.41) is 5.08. The van der Waals surface area contributed by atoms with Gasteiger partial charge in [0.2, 0.25) is 0 Å². The van der Waals surface area contributed by atoms with Crippen molar-refractivity contribution in [2.45, 2.75) is 44.8 Å². The molecule has 0 saturated carbocycles. The van der Waals surface area contributed by atoms with Crippen LogP contribution in [0.3, 0.4) is 0 Å². The van der Waals surface area contributed by atoms with Gasteiger partial charge >= 0.3 is 19.0 Å². The van der Waals surface area contributed by atoms with Crippen LogP contribution in [-0.4, -0.2) is 38.0 Å². The van der Waals surface area contributed by atoms with E-state index in [1.54, 1.807) is 17.4 Å². The lowest BCUT2D eigenvalue weighted by atomic mass is 10.1. The molecule has 4 rings (SSSR count). The fourth-order valence-electron chi connectivity index (χ4n) is 3.78. The van der Waals surface area contributed by atoms with E-state index in [1.807, 2.05) is 0 Å². The number of rotatable bonds is 8. The maximum Gasteiger partial charge on any atom is 0.423 e. The predicted octanol–water partition coefficient (Wildman–Crippen LogP) is 4.84. The molecule has 0 aliphatic rings. The zero-order chi connectivity index (χ0) is 31.9. The van der Waals surface area contributed by atoms with Gasteiger partial charge in [0, 0.05) is 12.7 Å². The van der Waals surface area contributed by atoms with E-state index in [1.165, 1.54) is 22.8 Å². The van der Waals surface area contributed by atoms with E-state index in [4.69, 9.17) is 11.5 Å². The highest BCUT2D eigenvalue weighted by atomic mass is 19.4. The molecule has 0 bridgehead atoms. The molecule has 0 atom stereocenters. The highest BCUT2D eigenvalue weighted by Gasteiger charge is 2.36. The van der Waals surface area contributed by atoms with Crippen molar-refractivity contribution in [2.75, 3.05) is 18.1 Å². The van der Waals surface area contributed by atoms with E-state index < -0.39 is 47.2 Å². The van der Waals surface area contributed by atoms with E-state index in [-0.39, 0.29) is 23.6 Å². The number of hydrogen-bond donors (Lipinski definition) is 3. The van der Waals surface area contributed by atoms with Crippen molar-refractivity contribution in [1.82, 2.24) is 24.7 Å². The van der Waals surface area contributed by atoms with Crippen molar-refractivity contribution in [2.24, 2.45) is 0 Å². The Bertz CT molecular complexity index is 1670. The molecule has 0 radical (unpaired) electrons. The van der Waals surface area contributed by atoms with Crippen molar-refractivity contribution in [3.8, 4) is 11.4 Å². The number of halogens is 8. The van der Waals surface area contributed by atoms with Gasteiger partial charge in [0.15, 0.2) is 0 Å². The van der Waals surface area contributed by atoms with E-state index in [9.17, 15) is 44.7 Å². The van der Waals surface area contributed by atoms with E-state index in [0.717, 1.165) is 12.3 Å². The van der Waals surface area contributed by atoms with Crippen LogP contribution in [0, 0.1) is 0 Å². The first kappa shape index (κ1) is 32.9. The topological polar surface area (TPSA) is 155 Å². The third kappa shape index (κ3) is 8.69. The zero-order valence-corrected chi connectivity index (χ0v) is 21.8. The third-order valence-electron chi connectivity index (χ3n) is 5.78. The van der Waals surface area contributed by atoms with Crippen LogP contribution < -0.4 is 22.6 Å². The summed E-state index contributed by atoms with van der Waals surface area (Å²) in [6, 6.07) is 6.65. The summed E-state index contributed by atoms with van der Waals surface area (Å²) in [7, 11) is 0. The number of nitrogens with two attached hydrogens (primary N) is 2. The summed E-state index contributed by atoms with van der Waals surface area (Å²) >= 11 is 0. The quantitative estimate of drug-likeness (QED) is 0.187. The van der Waals surface area contributed by atoms with Crippen LogP contribution in [0.25, 0.3) is 22.3 Å². The lowest BCUT2D eigenvalue weighted by Crippen LogP contribution is -2.24. The molecule has 5 N–H and O–H groups in total. The molecule has 0 unspecified atom stereocenters. The Balaban J connectivity index is 0.000000353. The molecule has 18 heteroatoms. The maximum absolute atomic E-state index is 12.8. The number of pyridine rings is 3. The molecule has 43 heavy (non-hydrogen) atoms. The summed E-state index contributed by atoms with van der Waals surface area (Å²) in [6.45, 7) is -2.42. The van der Waals surface area contributed by atoms with Gasteiger partial charge in [-0.15, -0.1) is 0 Å². The number of aromatic nitrogens is 5. The van der Waals surface area contributed by atoms with Crippen molar-refractivity contribution < 1.29 is 39.9 Å². The van der Waals surface area contributed by atoms with Crippen molar-refractivity contribution in [3.63, 3.8) is 0 Å². The summed E-state index contributed by atoms with van der Waals surface area (Å²) < 4.78 is 104. The fraction of sp³-hybridized carbons (Fsp3) is 0.320. The fourth-order valence-corrected chi connectivity index (χ4v) is 3.78. The van der Waals surface area contributed by atoms with Crippen LogP contribution in [0.5, 0.6) is 0 Å². The Morgan fingerprint density at radius 1 is 0.884 bits per heavy atom. The van der Waals surface area contributed by atoms with Gasteiger partial charge in [0.05, 0.1) is 46.3 Å². The van der Waals surface area contributed by atoms with Crippen LogP contribution in [0.4, 0.5) is 46.6 Å². The zero-order valence-electron chi connectivity index (χ0n) is 21.8. The normalized spacial score (nSPS) is 11.9. The average Bonchev–Trinajstić information content (AvgIpc) is 2.90. The minimum absolute atomic E-state index is 0.0422. The van der Waals surface area contributed by atoms with Gasteiger partial charge < -0.3 is 20.8 Å². The predicted molar refractivity (Wildman–Crippen MR) is 139 cm³/mol. The molecule has 232 valence electrons. The Kier molecular flexibility index (Phi) is 10.4. The number of aryl methyl sites for hydroxylation is 1. The molecule has 0 aliphatic carbocycles. The molecule has 0 fully saturated rings. The van der Waals surface area contributed by atoms with E-state index >= 15 is 0 Å². The molecule has 0 amide bonds.